The number of nitrogens with one attached hydrogen (secondary N) is 1. The van der Waals surface area contributed by atoms with Crippen LogP contribution in [0.5, 0.6) is 0 Å². The fourth-order valence-corrected chi connectivity index (χ4v) is 5.39. The standard InChI is InChI=1S/C22H16FN5O4S2/c1-13(14-4-2-5-15(8-14)16-6-3-7-24-11-16)28-18-9-17(23)20(10-19(18)32-22(28)29)34(30,31)27-21-25-12-26-33-21/h2-13H,1H3,(H,25,26,27). The summed E-state index contributed by atoms with van der Waals surface area (Å²) in [5.74, 6) is -1.77. The van der Waals surface area contributed by atoms with Crippen LogP contribution in [0.1, 0.15) is 18.5 Å². The lowest BCUT2D eigenvalue weighted by molar-refractivity contribution is 0.489. The average molecular weight is 498 g/mol. The van der Waals surface area contributed by atoms with Crippen molar-refractivity contribution in [2.75, 3.05) is 4.72 Å². The van der Waals surface area contributed by atoms with Gasteiger partial charge in [-0.25, -0.2) is 22.6 Å². The summed E-state index contributed by atoms with van der Waals surface area (Å²) in [4.78, 5) is 19.9. The van der Waals surface area contributed by atoms with Gasteiger partial charge in [-0.05, 0) is 35.7 Å². The molecule has 5 aromatic rings. The molecular formula is C22H16FN5O4S2. The molecule has 0 saturated heterocycles. The van der Waals surface area contributed by atoms with Crippen molar-refractivity contribution in [3.63, 3.8) is 0 Å². The van der Waals surface area contributed by atoms with Gasteiger partial charge in [0.25, 0.3) is 10.0 Å². The van der Waals surface area contributed by atoms with Gasteiger partial charge in [-0.1, -0.05) is 24.3 Å². The maximum absolute atomic E-state index is 15.0. The van der Waals surface area contributed by atoms with Crippen molar-refractivity contribution in [1.29, 1.82) is 0 Å². The van der Waals surface area contributed by atoms with Crippen LogP contribution in [-0.2, 0) is 10.0 Å². The topological polar surface area (TPSA) is 120 Å². The van der Waals surface area contributed by atoms with Crippen molar-refractivity contribution in [2.45, 2.75) is 17.9 Å². The normalized spacial score (nSPS) is 12.6. The Morgan fingerprint density at radius 3 is 2.71 bits per heavy atom. The molecule has 0 aliphatic rings. The zero-order valence-electron chi connectivity index (χ0n) is 17.5. The largest absolute Gasteiger partial charge is 0.420 e. The van der Waals surface area contributed by atoms with E-state index in [0.717, 1.165) is 40.4 Å². The van der Waals surface area contributed by atoms with Crippen molar-refractivity contribution in [1.82, 2.24) is 18.9 Å². The number of sulfonamides is 1. The highest BCUT2D eigenvalue weighted by molar-refractivity contribution is 7.93. The Morgan fingerprint density at radius 2 is 1.97 bits per heavy atom. The minimum atomic E-state index is -4.31. The zero-order chi connectivity index (χ0) is 23.9. The van der Waals surface area contributed by atoms with Gasteiger partial charge in [-0.15, -0.1) is 0 Å². The average Bonchev–Trinajstić information content (AvgIpc) is 3.44. The van der Waals surface area contributed by atoms with E-state index in [1.54, 1.807) is 19.3 Å². The number of halogens is 1. The zero-order valence-corrected chi connectivity index (χ0v) is 19.2. The summed E-state index contributed by atoms with van der Waals surface area (Å²) in [6, 6.07) is 12.7. The molecule has 2 aromatic carbocycles. The second kappa shape index (κ2) is 8.47. The molecule has 1 atom stereocenters. The van der Waals surface area contributed by atoms with Crippen LogP contribution in [0.25, 0.3) is 22.2 Å². The fraction of sp³-hybridized carbons (Fsp3) is 0.0909. The Labute approximate surface area is 196 Å². The monoisotopic (exact) mass is 497 g/mol. The second-order valence-electron chi connectivity index (χ2n) is 7.38. The molecule has 0 aliphatic carbocycles. The number of nitrogens with zero attached hydrogens (tertiary/aromatic N) is 4. The van der Waals surface area contributed by atoms with Crippen molar-refractivity contribution >= 4 is 37.8 Å². The molecule has 1 unspecified atom stereocenters. The predicted octanol–water partition coefficient (Wildman–Crippen LogP) is 4.06. The third-order valence-corrected chi connectivity index (χ3v) is 7.35. The lowest BCUT2D eigenvalue weighted by Crippen LogP contribution is -2.19. The molecule has 1 N–H and O–H groups in total. The van der Waals surface area contributed by atoms with Gasteiger partial charge in [-0.3, -0.25) is 14.3 Å². The van der Waals surface area contributed by atoms with E-state index in [4.69, 9.17) is 4.42 Å². The van der Waals surface area contributed by atoms with E-state index in [9.17, 15) is 17.6 Å². The molecule has 12 heteroatoms. The highest BCUT2D eigenvalue weighted by Crippen LogP contribution is 2.29. The summed E-state index contributed by atoms with van der Waals surface area (Å²) in [5.41, 5.74) is 2.67. The predicted molar refractivity (Wildman–Crippen MR) is 125 cm³/mol. The Kier molecular flexibility index (Phi) is 5.46. The van der Waals surface area contributed by atoms with Crippen LogP contribution >= 0.6 is 11.5 Å². The smallest absolute Gasteiger partial charge is 0.408 e. The molecule has 5 rings (SSSR count). The van der Waals surface area contributed by atoms with Gasteiger partial charge in [0.1, 0.15) is 17.0 Å². The van der Waals surface area contributed by atoms with Crippen LogP contribution in [0.15, 0.2) is 81.4 Å². The number of anilines is 1. The van der Waals surface area contributed by atoms with Gasteiger partial charge in [0.15, 0.2) is 5.58 Å². The first-order valence-corrected chi connectivity index (χ1v) is 12.2. The van der Waals surface area contributed by atoms with Crippen molar-refractivity contribution in [2.24, 2.45) is 0 Å². The van der Waals surface area contributed by atoms with Gasteiger partial charge in [0, 0.05) is 36.1 Å². The minimum absolute atomic E-state index is 0.0133. The van der Waals surface area contributed by atoms with Crippen LogP contribution in [0.2, 0.25) is 0 Å². The Hall–Kier alpha value is -3.90. The SMILES string of the molecule is CC(c1cccc(-c2cccnc2)c1)n1c(=O)oc2cc(S(=O)(=O)Nc3ncns3)c(F)cc21. The Morgan fingerprint density at radius 1 is 1.15 bits per heavy atom. The number of pyridine rings is 1. The molecule has 3 aromatic heterocycles. The molecule has 172 valence electrons. The number of rotatable bonds is 6. The molecule has 0 spiro atoms. The summed E-state index contributed by atoms with van der Waals surface area (Å²) in [7, 11) is -4.31. The van der Waals surface area contributed by atoms with Gasteiger partial charge in [0.2, 0.25) is 5.13 Å². The summed E-state index contributed by atoms with van der Waals surface area (Å²) >= 11 is 0.806. The molecule has 0 saturated carbocycles. The number of hydrogen-bond donors (Lipinski definition) is 1. The first-order chi connectivity index (χ1) is 16.3. The quantitative estimate of drug-likeness (QED) is 0.376. The van der Waals surface area contributed by atoms with Crippen molar-refractivity contribution in [3.05, 3.63) is 89.2 Å². The van der Waals surface area contributed by atoms with Gasteiger partial charge in [0.05, 0.1) is 11.6 Å². The summed E-state index contributed by atoms with van der Waals surface area (Å²) in [5, 5.41) is -0.0133. The van der Waals surface area contributed by atoms with E-state index < -0.39 is 32.5 Å². The third kappa shape index (κ3) is 3.97. The molecule has 0 fully saturated rings. The van der Waals surface area contributed by atoms with E-state index in [2.05, 4.69) is 19.1 Å². The highest BCUT2D eigenvalue weighted by Gasteiger charge is 2.25. The second-order valence-corrected chi connectivity index (χ2v) is 9.81. The number of oxazole rings is 1. The Bertz CT molecular complexity index is 1650. The van der Waals surface area contributed by atoms with Gasteiger partial charge >= 0.3 is 5.76 Å². The number of hydrogen-bond acceptors (Lipinski definition) is 8. The van der Waals surface area contributed by atoms with E-state index in [1.807, 2.05) is 36.4 Å². The Balaban J connectivity index is 1.56. The van der Waals surface area contributed by atoms with Crippen molar-refractivity contribution < 1.29 is 17.2 Å². The lowest BCUT2D eigenvalue weighted by atomic mass is 10.0. The maximum Gasteiger partial charge on any atom is 0.420 e. The molecular weight excluding hydrogens is 481 g/mol. The lowest BCUT2D eigenvalue weighted by Gasteiger charge is -2.15. The molecule has 0 bridgehead atoms. The maximum atomic E-state index is 15.0. The minimum Gasteiger partial charge on any atom is -0.408 e. The van der Waals surface area contributed by atoms with E-state index >= 15 is 0 Å². The molecule has 9 nitrogen and oxygen atoms in total. The van der Waals surface area contributed by atoms with E-state index in [0.29, 0.717) is 0 Å². The first kappa shape index (κ1) is 21.9. The van der Waals surface area contributed by atoms with E-state index in [1.165, 1.54) is 10.9 Å². The first-order valence-electron chi connectivity index (χ1n) is 9.98. The van der Waals surface area contributed by atoms with Crippen LogP contribution in [0.4, 0.5) is 9.52 Å². The van der Waals surface area contributed by atoms with Crippen LogP contribution < -0.4 is 10.5 Å². The summed E-state index contributed by atoms with van der Waals surface area (Å²) in [6.45, 7) is 1.78. The molecule has 0 aliphatic heterocycles. The fourth-order valence-electron chi connectivity index (χ4n) is 3.66. The third-order valence-electron chi connectivity index (χ3n) is 5.29. The summed E-state index contributed by atoms with van der Waals surface area (Å²) < 4.78 is 52.7. The number of aromatic nitrogens is 4. The van der Waals surface area contributed by atoms with Crippen molar-refractivity contribution in [3.8, 4) is 11.1 Å². The molecule has 34 heavy (non-hydrogen) atoms. The van der Waals surface area contributed by atoms with Crippen LogP contribution in [0, 0.1) is 5.82 Å². The number of fused-ring (bicyclic) bond motifs is 1. The number of benzene rings is 2. The van der Waals surface area contributed by atoms with Crippen LogP contribution in [0.3, 0.4) is 0 Å². The highest BCUT2D eigenvalue weighted by atomic mass is 32.2. The van der Waals surface area contributed by atoms with E-state index in [-0.39, 0.29) is 16.2 Å². The molecule has 3 heterocycles. The summed E-state index contributed by atoms with van der Waals surface area (Å²) in [6.07, 6.45) is 4.59. The molecule has 0 radical (unpaired) electrons. The van der Waals surface area contributed by atoms with Crippen LogP contribution in [-0.4, -0.2) is 27.3 Å². The van der Waals surface area contributed by atoms with Gasteiger partial charge < -0.3 is 4.42 Å². The van der Waals surface area contributed by atoms with Gasteiger partial charge in [-0.2, -0.15) is 4.37 Å². The molecule has 0 amide bonds.